The fourth-order valence-corrected chi connectivity index (χ4v) is 5.20. The summed E-state index contributed by atoms with van der Waals surface area (Å²) in [6, 6.07) is 47.2. The number of fused-ring (bicyclic) bond motifs is 3. The molecule has 0 atom stereocenters. The molecule has 178 valence electrons. The average molecular weight is 477 g/mol. The largest absolute Gasteiger partial charge is 0.292 e. The van der Waals surface area contributed by atoms with Crippen molar-refractivity contribution in [3.8, 4) is 28.2 Å². The van der Waals surface area contributed by atoms with Crippen LogP contribution in [0.3, 0.4) is 0 Å². The topological polar surface area (TPSA) is 17.8 Å². The van der Waals surface area contributed by atoms with Crippen LogP contribution in [0.4, 0.5) is 0 Å². The maximum Gasteiger partial charge on any atom is 0.145 e. The summed E-state index contributed by atoms with van der Waals surface area (Å²) in [5, 5.41) is 5.03. The zero-order valence-electron chi connectivity index (χ0n) is 21.1. The van der Waals surface area contributed by atoms with Gasteiger partial charge in [-0.3, -0.25) is 4.57 Å². The van der Waals surface area contributed by atoms with Crippen LogP contribution in [0.2, 0.25) is 0 Å². The molecule has 0 aliphatic carbocycles. The molecular weight excluding hydrogens is 448 g/mol. The number of benzene rings is 6. The summed E-state index contributed by atoms with van der Waals surface area (Å²) in [4.78, 5) is 5.08. The molecule has 7 aromatic rings. The molecular formula is C35H28N2. The Hall–Kier alpha value is -4.69. The lowest BCUT2D eigenvalue weighted by Crippen LogP contribution is -1.97. The Morgan fingerprint density at radius 2 is 1.11 bits per heavy atom. The van der Waals surface area contributed by atoms with Gasteiger partial charge in [0.1, 0.15) is 5.82 Å². The highest BCUT2D eigenvalue weighted by atomic mass is 15.1. The minimum Gasteiger partial charge on any atom is -0.292 e. The molecule has 0 fully saturated rings. The molecule has 0 saturated carbocycles. The quantitative estimate of drug-likeness (QED) is 0.232. The van der Waals surface area contributed by atoms with E-state index in [-0.39, 0.29) is 0 Å². The molecule has 0 unspecified atom stereocenters. The highest BCUT2D eigenvalue weighted by Crippen LogP contribution is 2.38. The number of hydrogen-bond acceptors (Lipinski definition) is 1. The molecule has 0 amide bonds. The molecule has 0 radical (unpaired) electrons. The van der Waals surface area contributed by atoms with Crippen LogP contribution >= 0.6 is 0 Å². The number of imidazole rings is 1. The van der Waals surface area contributed by atoms with Crippen molar-refractivity contribution in [1.29, 1.82) is 0 Å². The van der Waals surface area contributed by atoms with Gasteiger partial charge >= 0.3 is 0 Å². The van der Waals surface area contributed by atoms with Crippen LogP contribution < -0.4 is 0 Å². The second kappa shape index (κ2) is 9.75. The molecule has 0 aliphatic rings. The minimum absolute atomic E-state index is 0.948. The first kappa shape index (κ1) is 22.8. The Morgan fingerprint density at radius 1 is 0.514 bits per heavy atom. The number of para-hydroxylation sites is 3. The van der Waals surface area contributed by atoms with Crippen LogP contribution in [0.1, 0.15) is 13.8 Å². The lowest BCUT2D eigenvalue weighted by molar-refractivity contribution is 1.10. The molecule has 0 bridgehead atoms. The van der Waals surface area contributed by atoms with E-state index < -0.39 is 0 Å². The van der Waals surface area contributed by atoms with Gasteiger partial charge in [-0.15, -0.1) is 0 Å². The summed E-state index contributed by atoms with van der Waals surface area (Å²) in [6.45, 7) is 4.00. The Labute approximate surface area is 217 Å². The van der Waals surface area contributed by atoms with Gasteiger partial charge in [-0.25, -0.2) is 4.98 Å². The van der Waals surface area contributed by atoms with Crippen LogP contribution in [0, 0.1) is 0 Å². The Morgan fingerprint density at radius 3 is 1.84 bits per heavy atom. The second-order valence-corrected chi connectivity index (χ2v) is 8.87. The standard InChI is InChI=1S/C33H22N2.C2H6/c1-2-15-27(16-3-1)35-31-20-9-8-19-30(31)34-33(35)26-14-10-13-25(22-26)32-28-17-6-4-11-23(28)21-24-12-5-7-18-29(24)32;1-2/h1-22H;1-2H3. The molecule has 0 saturated heterocycles. The first-order chi connectivity index (χ1) is 18.4. The van der Waals surface area contributed by atoms with Crippen molar-refractivity contribution >= 4 is 32.6 Å². The number of aromatic nitrogens is 2. The van der Waals surface area contributed by atoms with Gasteiger partial charge in [0.05, 0.1) is 11.0 Å². The predicted octanol–water partition coefficient (Wildman–Crippen LogP) is 9.69. The lowest BCUT2D eigenvalue weighted by atomic mass is 9.91. The van der Waals surface area contributed by atoms with Crippen molar-refractivity contribution in [3.05, 3.63) is 133 Å². The highest BCUT2D eigenvalue weighted by Gasteiger charge is 2.16. The molecule has 2 nitrogen and oxygen atoms in total. The van der Waals surface area contributed by atoms with Gasteiger partial charge < -0.3 is 0 Å². The SMILES string of the molecule is CC.c1ccc(-n2c(-c3cccc(-c4c5ccccc5cc5ccccc45)c3)nc3ccccc32)cc1. The van der Waals surface area contributed by atoms with Gasteiger partial charge in [0.15, 0.2) is 0 Å². The summed E-state index contributed by atoms with van der Waals surface area (Å²) in [5.74, 6) is 0.948. The summed E-state index contributed by atoms with van der Waals surface area (Å²) in [6.07, 6.45) is 0. The van der Waals surface area contributed by atoms with E-state index in [4.69, 9.17) is 4.98 Å². The van der Waals surface area contributed by atoms with Crippen molar-refractivity contribution in [3.63, 3.8) is 0 Å². The van der Waals surface area contributed by atoms with Gasteiger partial charge in [-0.2, -0.15) is 0 Å². The van der Waals surface area contributed by atoms with Crippen LogP contribution in [0.15, 0.2) is 133 Å². The van der Waals surface area contributed by atoms with E-state index in [1.54, 1.807) is 0 Å². The lowest BCUT2D eigenvalue weighted by Gasteiger charge is -2.14. The Balaban J connectivity index is 0.00000123. The van der Waals surface area contributed by atoms with Crippen molar-refractivity contribution < 1.29 is 0 Å². The van der Waals surface area contributed by atoms with E-state index in [2.05, 4.69) is 132 Å². The summed E-state index contributed by atoms with van der Waals surface area (Å²) >= 11 is 0. The van der Waals surface area contributed by atoms with E-state index in [1.165, 1.54) is 32.7 Å². The number of hydrogen-bond donors (Lipinski definition) is 0. The first-order valence-electron chi connectivity index (χ1n) is 12.9. The normalized spacial score (nSPS) is 11.0. The van der Waals surface area contributed by atoms with E-state index in [9.17, 15) is 0 Å². The van der Waals surface area contributed by atoms with Crippen LogP contribution in [0.5, 0.6) is 0 Å². The summed E-state index contributed by atoms with van der Waals surface area (Å²) in [7, 11) is 0. The van der Waals surface area contributed by atoms with E-state index >= 15 is 0 Å². The van der Waals surface area contributed by atoms with E-state index in [0.717, 1.165) is 28.1 Å². The third-order valence-corrected chi connectivity index (χ3v) is 6.76. The fourth-order valence-electron chi connectivity index (χ4n) is 5.20. The van der Waals surface area contributed by atoms with Crippen molar-refractivity contribution in [2.75, 3.05) is 0 Å². The maximum atomic E-state index is 5.08. The van der Waals surface area contributed by atoms with Gasteiger partial charge in [-0.05, 0) is 69.1 Å². The van der Waals surface area contributed by atoms with Gasteiger partial charge in [-0.1, -0.05) is 111 Å². The monoisotopic (exact) mass is 476 g/mol. The number of nitrogens with zero attached hydrogens (tertiary/aromatic N) is 2. The zero-order chi connectivity index (χ0) is 25.2. The van der Waals surface area contributed by atoms with E-state index in [0.29, 0.717) is 0 Å². The minimum atomic E-state index is 0.948. The predicted molar refractivity (Wildman–Crippen MR) is 158 cm³/mol. The Kier molecular flexibility index (Phi) is 6.00. The maximum absolute atomic E-state index is 5.08. The molecule has 1 aromatic heterocycles. The van der Waals surface area contributed by atoms with Gasteiger partial charge in [0.2, 0.25) is 0 Å². The molecule has 0 N–H and O–H groups in total. The summed E-state index contributed by atoms with van der Waals surface area (Å²) in [5.41, 5.74) is 6.77. The third-order valence-electron chi connectivity index (χ3n) is 6.76. The van der Waals surface area contributed by atoms with E-state index in [1.807, 2.05) is 19.9 Å². The van der Waals surface area contributed by atoms with Crippen LogP contribution in [0.25, 0.3) is 60.8 Å². The fraction of sp³-hybridized carbons (Fsp3) is 0.0571. The Bertz CT molecular complexity index is 1790. The molecule has 1 heterocycles. The molecule has 0 aliphatic heterocycles. The third kappa shape index (κ3) is 3.97. The van der Waals surface area contributed by atoms with Gasteiger partial charge in [0, 0.05) is 11.3 Å². The van der Waals surface area contributed by atoms with Crippen LogP contribution in [-0.2, 0) is 0 Å². The van der Waals surface area contributed by atoms with Gasteiger partial charge in [0.25, 0.3) is 0 Å². The van der Waals surface area contributed by atoms with Crippen molar-refractivity contribution in [1.82, 2.24) is 9.55 Å². The first-order valence-corrected chi connectivity index (χ1v) is 12.9. The molecule has 6 aromatic carbocycles. The molecule has 37 heavy (non-hydrogen) atoms. The molecule has 7 rings (SSSR count). The second-order valence-electron chi connectivity index (χ2n) is 8.87. The zero-order valence-corrected chi connectivity index (χ0v) is 21.1. The average Bonchev–Trinajstić information content (AvgIpc) is 3.37. The highest BCUT2D eigenvalue weighted by molar-refractivity contribution is 6.12. The summed E-state index contributed by atoms with van der Waals surface area (Å²) < 4.78 is 2.26. The molecule has 2 heteroatoms. The smallest absolute Gasteiger partial charge is 0.145 e. The van der Waals surface area contributed by atoms with Crippen LogP contribution in [-0.4, -0.2) is 9.55 Å². The number of rotatable bonds is 3. The van der Waals surface area contributed by atoms with Crippen molar-refractivity contribution in [2.24, 2.45) is 0 Å². The van der Waals surface area contributed by atoms with Crippen molar-refractivity contribution in [2.45, 2.75) is 13.8 Å². The molecule has 0 spiro atoms.